The molecule has 1 aliphatic rings. The lowest BCUT2D eigenvalue weighted by Gasteiger charge is -2.31. The maximum atomic E-state index is 7.62. The summed E-state index contributed by atoms with van der Waals surface area (Å²) >= 11 is 0. The highest BCUT2D eigenvalue weighted by atomic mass is 15.2. The highest BCUT2D eigenvalue weighted by Gasteiger charge is 2.24. The van der Waals surface area contributed by atoms with E-state index in [4.69, 9.17) is 11.1 Å². The first-order valence-electron chi connectivity index (χ1n) is 6.66. The molecule has 1 fully saturated rings. The molecule has 1 aromatic rings. The van der Waals surface area contributed by atoms with Crippen molar-refractivity contribution < 1.29 is 0 Å². The van der Waals surface area contributed by atoms with Gasteiger partial charge in [0.15, 0.2) is 5.82 Å². The first-order valence-corrected chi connectivity index (χ1v) is 6.66. The summed E-state index contributed by atoms with van der Waals surface area (Å²) in [6, 6.07) is 0.488. The maximum Gasteiger partial charge on any atom is 0.158 e. The molecule has 0 spiro atoms. The van der Waals surface area contributed by atoms with Crippen molar-refractivity contribution in [2.75, 3.05) is 11.4 Å². The minimum Gasteiger partial charge on any atom is -0.382 e. The normalized spacial score (nSPS) is 20.5. The molecule has 1 saturated heterocycles. The van der Waals surface area contributed by atoms with E-state index in [0.717, 1.165) is 18.8 Å². The molecular weight excluding hydrogens is 226 g/mol. The van der Waals surface area contributed by atoms with E-state index in [1.807, 2.05) is 0 Å². The van der Waals surface area contributed by atoms with Crippen LogP contribution in [0.15, 0.2) is 12.4 Å². The van der Waals surface area contributed by atoms with Gasteiger partial charge in [-0.2, -0.15) is 0 Å². The first-order chi connectivity index (χ1) is 8.74. The van der Waals surface area contributed by atoms with E-state index < -0.39 is 0 Å². The average molecular weight is 247 g/mol. The number of hydrogen-bond acceptors (Lipinski definition) is 4. The summed E-state index contributed by atoms with van der Waals surface area (Å²) in [6.45, 7) is 3.18. The molecule has 5 nitrogen and oxygen atoms in total. The number of aromatic nitrogens is 2. The second kappa shape index (κ2) is 5.80. The average Bonchev–Trinajstić information content (AvgIpc) is 2.63. The molecule has 0 aromatic carbocycles. The summed E-state index contributed by atoms with van der Waals surface area (Å²) < 4.78 is 0. The molecule has 1 aromatic heterocycles. The van der Waals surface area contributed by atoms with Gasteiger partial charge in [-0.1, -0.05) is 19.8 Å². The van der Waals surface area contributed by atoms with E-state index in [2.05, 4.69) is 21.8 Å². The summed E-state index contributed by atoms with van der Waals surface area (Å²) in [5.41, 5.74) is 6.11. The summed E-state index contributed by atoms with van der Waals surface area (Å²) in [7, 11) is 0. The Morgan fingerprint density at radius 1 is 1.39 bits per heavy atom. The fourth-order valence-electron chi connectivity index (χ4n) is 2.61. The smallest absolute Gasteiger partial charge is 0.158 e. The third-order valence-corrected chi connectivity index (χ3v) is 3.55. The largest absolute Gasteiger partial charge is 0.382 e. The summed E-state index contributed by atoms with van der Waals surface area (Å²) in [4.78, 5) is 10.9. The number of rotatable bonds is 3. The van der Waals surface area contributed by atoms with E-state index in [1.54, 1.807) is 12.4 Å². The molecule has 1 aliphatic heterocycles. The Bertz CT molecular complexity index is 418. The van der Waals surface area contributed by atoms with Crippen LogP contribution in [0.1, 0.15) is 44.7 Å². The van der Waals surface area contributed by atoms with Crippen LogP contribution in [0.25, 0.3) is 0 Å². The first kappa shape index (κ1) is 12.8. The molecule has 0 aliphatic carbocycles. The molecule has 2 heterocycles. The fourth-order valence-corrected chi connectivity index (χ4v) is 2.61. The molecule has 1 unspecified atom stereocenters. The minimum atomic E-state index is -0.00259. The predicted octanol–water partition coefficient (Wildman–Crippen LogP) is 1.92. The van der Waals surface area contributed by atoms with E-state index in [1.165, 1.54) is 25.7 Å². The van der Waals surface area contributed by atoms with Crippen LogP contribution in [0.5, 0.6) is 0 Å². The Morgan fingerprint density at radius 2 is 2.17 bits per heavy atom. The van der Waals surface area contributed by atoms with Gasteiger partial charge >= 0.3 is 0 Å². The second-order valence-electron chi connectivity index (χ2n) is 4.75. The van der Waals surface area contributed by atoms with Gasteiger partial charge in [0.2, 0.25) is 0 Å². The Labute approximate surface area is 108 Å². The number of anilines is 1. The lowest BCUT2D eigenvalue weighted by atomic mass is 10.1. The van der Waals surface area contributed by atoms with Gasteiger partial charge in [0.05, 0.1) is 0 Å². The highest BCUT2D eigenvalue weighted by molar-refractivity contribution is 5.97. The molecule has 0 radical (unpaired) electrons. The van der Waals surface area contributed by atoms with Crippen LogP contribution < -0.4 is 10.6 Å². The van der Waals surface area contributed by atoms with Crippen LogP contribution in [-0.2, 0) is 0 Å². The van der Waals surface area contributed by atoms with Crippen molar-refractivity contribution in [2.24, 2.45) is 5.73 Å². The Hall–Kier alpha value is -1.65. The molecule has 0 bridgehead atoms. The van der Waals surface area contributed by atoms with Crippen LogP contribution in [0.3, 0.4) is 0 Å². The molecule has 1 atom stereocenters. The van der Waals surface area contributed by atoms with Gasteiger partial charge in [-0.25, -0.2) is 9.97 Å². The Balaban J connectivity index is 2.35. The maximum absolute atomic E-state index is 7.62. The number of nitrogen functional groups attached to an aromatic ring is 1. The predicted molar refractivity (Wildman–Crippen MR) is 72.9 cm³/mol. The van der Waals surface area contributed by atoms with Crippen molar-refractivity contribution >= 4 is 11.7 Å². The van der Waals surface area contributed by atoms with Gasteiger partial charge in [0.1, 0.15) is 11.5 Å². The number of hydrogen-bond donors (Lipinski definition) is 2. The molecular formula is C13H21N5. The zero-order valence-electron chi connectivity index (χ0n) is 10.9. The van der Waals surface area contributed by atoms with E-state index in [0.29, 0.717) is 11.7 Å². The lowest BCUT2D eigenvalue weighted by Crippen LogP contribution is -2.37. The quantitative estimate of drug-likeness (QED) is 0.632. The zero-order chi connectivity index (χ0) is 13.0. The Morgan fingerprint density at radius 3 is 2.89 bits per heavy atom. The van der Waals surface area contributed by atoms with Crippen LogP contribution >= 0.6 is 0 Å². The second-order valence-corrected chi connectivity index (χ2v) is 4.75. The third kappa shape index (κ3) is 2.60. The highest BCUT2D eigenvalue weighted by Crippen LogP contribution is 2.25. The van der Waals surface area contributed by atoms with E-state index in [-0.39, 0.29) is 5.84 Å². The summed E-state index contributed by atoms with van der Waals surface area (Å²) in [5, 5.41) is 7.62. The van der Waals surface area contributed by atoms with Crippen molar-refractivity contribution in [2.45, 2.75) is 45.1 Å². The molecule has 18 heavy (non-hydrogen) atoms. The number of nitrogens with one attached hydrogen (secondary N) is 1. The molecule has 0 amide bonds. The minimum absolute atomic E-state index is 0.00259. The van der Waals surface area contributed by atoms with Crippen molar-refractivity contribution in [3.8, 4) is 0 Å². The zero-order valence-corrected chi connectivity index (χ0v) is 10.9. The van der Waals surface area contributed by atoms with Gasteiger partial charge in [-0.05, 0) is 19.3 Å². The summed E-state index contributed by atoms with van der Waals surface area (Å²) in [6.07, 6.45) is 9.26. The van der Waals surface area contributed by atoms with E-state index >= 15 is 0 Å². The van der Waals surface area contributed by atoms with Crippen LogP contribution in [0.4, 0.5) is 5.82 Å². The van der Waals surface area contributed by atoms with Crippen LogP contribution in [0, 0.1) is 5.41 Å². The van der Waals surface area contributed by atoms with Crippen molar-refractivity contribution in [1.82, 2.24) is 9.97 Å². The van der Waals surface area contributed by atoms with E-state index in [9.17, 15) is 0 Å². The van der Waals surface area contributed by atoms with Gasteiger partial charge in [-0.3, -0.25) is 5.41 Å². The lowest BCUT2D eigenvalue weighted by molar-refractivity contribution is 0.551. The fraction of sp³-hybridized carbons (Fsp3) is 0.615. The number of nitrogens with zero attached hydrogens (tertiary/aromatic N) is 3. The number of nitrogens with two attached hydrogens (primary N) is 1. The van der Waals surface area contributed by atoms with Crippen molar-refractivity contribution in [1.29, 1.82) is 5.41 Å². The van der Waals surface area contributed by atoms with Crippen molar-refractivity contribution in [3.63, 3.8) is 0 Å². The Kier molecular flexibility index (Phi) is 4.12. The molecule has 2 rings (SSSR count). The van der Waals surface area contributed by atoms with Crippen LogP contribution in [-0.4, -0.2) is 28.4 Å². The molecule has 98 valence electrons. The van der Waals surface area contributed by atoms with Gasteiger partial charge < -0.3 is 10.6 Å². The molecule has 5 heteroatoms. The monoisotopic (exact) mass is 247 g/mol. The van der Waals surface area contributed by atoms with Gasteiger partial charge in [-0.15, -0.1) is 0 Å². The standard InChI is InChI=1S/C13H21N5/c1-2-10-6-4-3-5-9-18(10)13-11(12(14)15)16-7-8-17-13/h7-8,10H,2-6,9H2,1H3,(H3,14,15). The van der Waals surface area contributed by atoms with Crippen molar-refractivity contribution in [3.05, 3.63) is 18.1 Å². The molecule has 3 N–H and O–H groups in total. The SMILES string of the molecule is CCC1CCCCCN1c1nccnc1C(=N)N. The van der Waals surface area contributed by atoms with Gasteiger partial charge in [0, 0.05) is 25.0 Å². The third-order valence-electron chi connectivity index (χ3n) is 3.55. The van der Waals surface area contributed by atoms with Crippen LogP contribution in [0.2, 0.25) is 0 Å². The van der Waals surface area contributed by atoms with Gasteiger partial charge in [0.25, 0.3) is 0 Å². The summed E-state index contributed by atoms with van der Waals surface area (Å²) in [5.74, 6) is 0.774. The topological polar surface area (TPSA) is 78.9 Å². The number of amidine groups is 1. The molecule has 0 saturated carbocycles.